The highest BCUT2D eigenvalue weighted by atomic mass is 35.5. The maximum Gasteiger partial charge on any atom is 0.343 e. The van der Waals surface area contributed by atoms with Crippen LogP contribution in [0.15, 0.2) is 17.1 Å². The van der Waals surface area contributed by atoms with Crippen molar-refractivity contribution in [1.82, 2.24) is 4.57 Å². The molecule has 1 aliphatic rings. The number of hydrogen-bond acceptors (Lipinski definition) is 4. The van der Waals surface area contributed by atoms with Crippen LogP contribution in [0.5, 0.6) is 0 Å². The molecule has 0 aliphatic carbocycles. The van der Waals surface area contributed by atoms with E-state index < -0.39 is 11.4 Å². The Balaban J connectivity index is 2.47. The Bertz CT molecular complexity index is 917. The fourth-order valence-electron chi connectivity index (χ4n) is 2.89. The van der Waals surface area contributed by atoms with Crippen molar-refractivity contribution in [2.24, 2.45) is 0 Å². The number of pyridine rings is 1. The lowest BCUT2D eigenvalue weighted by Gasteiger charge is -2.26. The Hall–Kier alpha value is -1.85. The van der Waals surface area contributed by atoms with Crippen molar-refractivity contribution in [2.45, 2.75) is 26.3 Å². The number of benzene rings is 1. The minimum absolute atomic E-state index is 0.0788. The van der Waals surface area contributed by atoms with E-state index in [1.165, 1.54) is 12.3 Å². The predicted octanol–water partition coefficient (Wildman–Crippen LogP) is 3.63. The van der Waals surface area contributed by atoms with Crippen LogP contribution < -0.4 is 5.43 Å². The van der Waals surface area contributed by atoms with Crippen LogP contribution in [0, 0.1) is 0 Å². The van der Waals surface area contributed by atoms with Crippen molar-refractivity contribution in [3.63, 3.8) is 0 Å². The van der Waals surface area contributed by atoms with Gasteiger partial charge in [0.2, 0.25) is 5.43 Å². The van der Waals surface area contributed by atoms with Gasteiger partial charge in [-0.3, -0.25) is 9.59 Å². The molecule has 1 atom stereocenters. The molecule has 2 heterocycles. The smallest absolute Gasteiger partial charge is 0.343 e. The number of nitrogens with zero attached hydrogens (tertiary/aromatic N) is 1. The van der Waals surface area contributed by atoms with Gasteiger partial charge < -0.3 is 9.30 Å². The number of hydrogen-bond donors (Lipinski definition) is 0. The van der Waals surface area contributed by atoms with Gasteiger partial charge in [-0.1, -0.05) is 23.2 Å². The number of aromatic nitrogens is 1. The topological polar surface area (TPSA) is 65.4 Å². The molecule has 0 radical (unpaired) electrons. The minimum Gasteiger partial charge on any atom is -0.462 e. The van der Waals surface area contributed by atoms with E-state index in [4.69, 9.17) is 27.9 Å². The first-order chi connectivity index (χ1) is 10.9. The van der Waals surface area contributed by atoms with E-state index in [0.717, 1.165) is 0 Å². The molecule has 1 aromatic heterocycles. The summed E-state index contributed by atoms with van der Waals surface area (Å²) in [6.45, 7) is 3.66. The first-order valence-corrected chi connectivity index (χ1v) is 7.89. The lowest BCUT2D eigenvalue weighted by Crippen LogP contribution is -2.27. The average Bonchev–Trinajstić information content (AvgIpc) is 2.48. The Morgan fingerprint density at radius 3 is 2.74 bits per heavy atom. The number of ether oxygens (including phenoxy) is 1. The van der Waals surface area contributed by atoms with Crippen LogP contribution in [0.3, 0.4) is 0 Å². The van der Waals surface area contributed by atoms with Gasteiger partial charge in [-0.25, -0.2) is 4.79 Å². The van der Waals surface area contributed by atoms with Crippen molar-refractivity contribution in [1.29, 1.82) is 0 Å². The summed E-state index contributed by atoms with van der Waals surface area (Å²) < 4.78 is 6.66. The SMILES string of the molecule is CCOC(=O)c1cn2c3c(c(Cl)c(Cl)cc3c1=O)C(=O)CC2C. The molecule has 120 valence electrons. The van der Waals surface area contributed by atoms with Crippen LogP contribution in [0.25, 0.3) is 10.9 Å². The number of rotatable bonds is 2. The lowest BCUT2D eigenvalue weighted by atomic mass is 9.95. The third-order valence-electron chi connectivity index (χ3n) is 3.94. The van der Waals surface area contributed by atoms with Crippen LogP contribution in [-0.2, 0) is 4.74 Å². The molecule has 23 heavy (non-hydrogen) atoms. The second-order valence-electron chi connectivity index (χ2n) is 5.42. The zero-order chi connectivity index (χ0) is 16.9. The van der Waals surface area contributed by atoms with Gasteiger partial charge in [-0.05, 0) is 19.9 Å². The quantitative estimate of drug-likeness (QED) is 0.773. The number of halogens is 2. The summed E-state index contributed by atoms with van der Waals surface area (Å²) in [6.07, 6.45) is 1.65. The van der Waals surface area contributed by atoms with Gasteiger partial charge in [-0.2, -0.15) is 0 Å². The molecule has 0 bridgehead atoms. The molecule has 0 saturated carbocycles. The number of carbonyl (C=O) groups excluding carboxylic acids is 2. The van der Waals surface area contributed by atoms with Gasteiger partial charge in [0, 0.05) is 24.0 Å². The summed E-state index contributed by atoms with van der Waals surface area (Å²) in [5.41, 5.74) is 0.0577. The summed E-state index contributed by atoms with van der Waals surface area (Å²) in [4.78, 5) is 37.0. The van der Waals surface area contributed by atoms with Crippen molar-refractivity contribution in [2.75, 3.05) is 6.61 Å². The zero-order valence-electron chi connectivity index (χ0n) is 12.5. The first-order valence-electron chi connectivity index (χ1n) is 7.14. The van der Waals surface area contributed by atoms with Gasteiger partial charge >= 0.3 is 5.97 Å². The van der Waals surface area contributed by atoms with Crippen LogP contribution in [-0.4, -0.2) is 22.9 Å². The van der Waals surface area contributed by atoms with E-state index in [0.29, 0.717) is 5.52 Å². The standard InChI is InChI=1S/C16H13Cl2NO4/c1-3-23-16(22)9-6-19-7(2)4-11(20)12-13(18)10(17)5-8(14(12)19)15(9)21/h5-7H,3-4H2,1-2H3. The fraction of sp³-hybridized carbons (Fsp3) is 0.312. The molecule has 0 spiro atoms. The van der Waals surface area contributed by atoms with E-state index in [9.17, 15) is 14.4 Å². The molecule has 1 aromatic carbocycles. The Kier molecular flexibility index (Phi) is 3.94. The Morgan fingerprint density at radius 2 is 2.09 bits per heavy atom. The van der Waals surface area contributed by atoms with Gasteiger partial charge in [0.15, 0.2) is 5.78 Å². The van der Waals surface area contributed by atoms with E-state index in [-0.39, 0.29) is 51.4 Å². The van der Waals surface area contributed by atoms with E-state index >= 15 is 0 Å². The maximum atomic E-state index is 12.6. The third kappa shape index (κ3) is 2.35. The maximum absolute atomic E-state index is 12.6. The third-order valence-corrected chi connectivity index (χ3v) is 4.73. The van der Waals surface area contributed by atoms with Gasteiger partial charge in [0.1, 0.15) is 5.56 Å². The average molecular weight is 354 g/mol. The Labute approximate surface area is 141 Å². The lowest BCUT2D eigenvalue weighted by molar-refractivity contribution is 0.0524. The normalized spacial score (nSPS) is 16.7. The summed E-state index contributed by atoms with van der Waals surface area (Å²) in [5, 5.41) is 0.440. The molecule has 1 aliphatic heterocycles. The summed E-state index contributed by atoms with van der Waals surface area (Å²) in [5.74, 6) is -0.863. The minimum atomic E-state index is -0.695. The van der Waals surface area contributed by atoms with Crippen LogP contribution in [0.1, 0.15) is 47.0 Å². The number of esters is 1. The largest absolute Gasteiger partial charge is 0.462 e. The second kappa shape index (κ2) is 5.65. The van der Waals surface area contributed by atoms with Crippen molar-refractivity contribution >= 4 is 45.9 Å². The van der Waals surface area contributed by atoms with Crippen molar-refractivity contribution in [3.8, 4) is 0 Å². The highest BCUT2D eigenvalue weighted by Gasteiger charge is 2.30. The molecule has 3 rings (SSSR count). The zero-order valence-corrected chi connectivity index (χ0v) is 14.0. The van der Waals surface area contributed by atoms with Crippen LogP contribution >= 0.6 is 23.2 Å². The highest BCUT2D eigenvalue weighted by molar-refractivity contribution is 6.45. The number of carbonyl (C=O) groups is 2. The molecule has 5 nitrogen and oxygen atoms in total. The molecule has 0 N–H and O–H groups in total. The molecule has 2 aromatic rings. The molecular weight excluding hydrogens is 341 g/mol. The van der Waals surface area contributed by atoms with Gasteiger partial charge in [0.05, 0.1) is 27.7 Å². The van der Waals surface area contributed by atoms with Crippen molar-refractivity contribution < 1.29 is 14.3 Å². The molecule has 1 unspecified atom stereocenters. The summed E-state index contributed by atoms with van der Waals surface area (Å²) >= 11 is 12.2. The van der Waals surface area contributed by atoms with Crippen LogP contribution in [0.4, 0.5) is 0 Å². The Morgan fingerprint density at radius 1 is 1.39 bits per heavy atom. The van der Waals surface area contributed by atoms with E-state index in [2.05, 4.69) is 0 Å². The summed E-state index contributed by atoms with van der Waals surface area (Å²) in [7, 11) is 0. The molecule has 7 heteroatoms. The fourth-order valence-corrected chi connectivity index (χ4v) is 3.34. The van der Waals surface area contributed by atoms with Crippen molar-refractivity contribution in [3.05, 3.63) is 43.7 Å². The van der Waals surface area contributed by atoms with Gasteiger partial charge in [0.25, 0.3) is 0 Å². The van der Waals surface area contributed by atoms with Gasteiger partial charge in [-0.15, -0.1) is 0 Å². The predicted molar refractivity (Wildman–Crippen MR) is 87.8 cm³/mol. The molecule has 0 saturated heterocycles. The molecule has 0 fully saturated rings. The monoisotopic (exact) mass is 353 g/mol. The first kappa shape index (κ1) is 16.0. The summed E-state index contributed by atoms with van der Waals surface area (Å²) in [6, 6.07) is 1.19. The van der Waals surface area contributed by atoms with E-state index in [1.807, 2.05) is 6.92 Å². The van der Waals surface area contributed by atoms with Crippen LogP contribution in [0.2, 0.25) is 10.0 Å². The molecule has 0 amide bonds. The number of Topliss-reactive ketones (excluding diaryl/α,β-unsaturated/α-hetero) is 1. The number of ketones is 1. The molecular formula is C16H13Cl2NO4. The van der Waals surface area contributed by atoms with E-state index in [1.54, 1.807) is 11.5 Å². The highest BCUT2D eigenvalue weighted by Crippen LogP contribution is 2.38. The second-order valence-corrected chi connectivity index (χ2v) is 6.20.